The van der Waals surface area contributed by atoms with Gasteiger partial charge in [-0.25, -0.2) is 13.4 Å². The molecule has 8 heteroatoms. The van der Waals surface area contributed by atoms with Crippen molar-refractivity contribution in [1.82, 2.24) is 14.3 Å². The van der Waals surface area contributed by atoms with Crippen LogP contribution >= 0.6 is 0 Å². The Kier molecular flexibility index (Phi) is 7.55. The van der Waals surface area contributed by atoms with E-state index in [1.807, 2.05) is 13.8 Å². The monoisotopic (exact) mass is 430 g/mol. The number of carbonyl (C=O) groups is 1. The molecule has 1 amide bonds. The average Bonchev–Trinajstić information content (AvgIpc) is 3.27. The van der Waals surface area contributed by atoms with Gasteiger partial charge in [0.15, 0.2) is 5.82 Å². The highest BCUT2D eigenvalue weighted by molar-refractivity contribution is 7.89. The van der Waals surface area contributed by atoms with Gasteiger partial charge in [-0.2, -0.15) is 4.31 Å². The highest BCUT2D eigenvalue weighted by Gasteiger charge is 2.28. The lowest BCUT2D eigenvalue weighted by Gasteiger charge is -2.22. The van der Waals surface area contributed by atoms with E-state index in [1.54, 1.807) is 30.5 Å². The van der Waals surface area contributed by atoms with Gasteiger partial charge in [-0.05, 0) is 30.0 Å². The van der Waals surface area contributed by atoms with Crippen LogP contribution in [0.4, 0.5) is 5.82 Å². The Morgan fingerprint density at radius 3 is 2.37 bits per heavy atom. The van der Waals surface area contributed by atoms with Crippen LogP contribution in [0.15, 0.2) is 47.8 Å². The SMILES string of the molecule is CCN(CC)S(=O)(=O)c1ccc(C(CC2CCCC2)C(=O)Nc2cnccn2)cc1. The third kappa shape index (κ3) is 5.23. The number of hydrogen-bond donors (Lipinski definition) is 1. The molecular formula is C22H30N4O3S. The fraction of sp³-hybridized carbons (Fsp3) is 0.500. The van der Waals surface area contributed by atoms with Crippen molar-refractivity contribution in [2.75, 3.05) is 18.4 Å². The van der Waals surface area contributed by atoms with Crippen molar-refractivity contribution in [3.8, 4) is 0 Å². The van der Waals surface area contributed by atoms with Gasteiger partial charge in [0.25, 0.3) is 0 Å². The molecule has 1 saturated carbocycles. The maximum absolute atomic E-state index is 13.1. The van der Waals surface area contributed by atoms with E-state index in [0.717, 1.165) is 24.8 Å². The van der Waals surface area contributed by atoms with Crippen LogP contribution in [0.25, 0.3) is 0 Å². The first-order chi connectivity index (χ1) is 14.5. The molecule has 0 radical (unpaired) electrons. The third-order valence-corrected chi connectivity index (χ3v) is 7.86. The predicted octanol–water partition coefficient (Wildman–Crippen LogP) is 3.81. The van der Waals surface area contributed by atoms with Crippen LogP contribution in [0.3, 0.4) is 0 Å². The number of nitrogens with zero attached hydrogens (tertiary/aromatic N) is 3. The number of carbonyl (C=O) groups excluding carboxylic acids is 1. The molecule has 30 heavy (non-hydrogen) atoms. The molecule has 1 N–H and O–H groups in total. The van der Waals surface area contributed by atoms with E-state index in [4.69, 9.17) is 0 Å². The van der Waals surface area contributed by atoms with Gasteiger partial charge in [0, 0.05) is 25.5 Å². The summed E-state index contributed by atoms with van der Waals surface area (Å²) in [4.78, 5) is 21.5. The quantitative estimate of drug-likeness (QED) is 0.653. The zero-order chi connectivity index (χ0) is 21.6. The number of benzene rings is 1. The Morgan fingerprint density at radius 1 is 1.13 bits per heavy atom. The number of nitrogens with one attached hydrogen (secondary N) is 1. The molecule has 1 aromatic carbocycles. The third-order valence-electron chi connectivity index (χ3n) is 5.80. The van der Waals surface area contributed by atoms with Gasteiger partial charge in [-0.3, -0.25) is 9.78 Å². The van der Waals surface area contributed by atoms with Crippen molar-refractivity contribution in [3.05, 3.63) is 48.4 Å². The van der Waals surface area contributed by atoms with E-state index < -0.39 is 10.0 Å². The molecule has 1 unspecified atom stereocenters. The smallest absolute Gasteiger partial charge is 0.243 e. The second-order valence-electron chi connectivity index (χ2n) is 7.68. The van der Waals surface area contributed by atoms with E-state index in [9.17, 15) is 13.2 Å². The summed E-state index contributed by atoms with van der Waals surface area (Å²) in [6.07, 6.45) is 10.0. The van der Waals surface area contributed by atoms with E-state index >= 15 is 0 Å². The first kappa shape index (κ1) is 22.4. The molecule has 1 aliphatic carbocycles. The molecule has 0 aliphatic heterocycles. The highest BCUT2D eigenvalue weighted by Crippen LogP contribution is 2.35. The number of aromatic nitrogens is 2. The topological polar surface area (TPSA) is 92.3 Å². The van der Waals surface area contributed by atoms with Crippen molar-refractivity contribution in [3.63, 3.8) is 0 Å². The van der Waals surface area contributed by atoms with E-state index in [2.05, 4.69) is 15.3 Å². The van der Waals surface area contributed by atoms with Gasteiger partial charge < -0.3 is 5.32 Å². The molecule has 7 nitrogen and oxygen atoms in total. The molecule has 2 aromatic rings. The zero-order valence-electron chi connectivity index (χ0n) is 17.6. The molecule has 1 fully saturated rings. The minimum absolute atomic E-state index is 0.137. The summed E-state index contributed by atoms with van der Waals surface area (Å²) in [5.74, 6) is 0.420. The van der Waals surface area contributed by atoms with Gasteiger partial charge >= 0.3 is 0 Å². The lowest BCUT2D eigenvalue weighted by Crippen LogP contribution is -2.30. The summed E-state index contributed by atoms with van der Waals surface area (Å²) in [5.41, 5.74) is 0.821. The summed E-state index contributed by atoms with van der Waals surface area (Å²) in [7, 11) is -3.52. The van der Waals surface area contributed by atoms with Crippen LogP contribution in [-0.2, 0) is 14.8 Å². The van der Waals surface area contributed by atoms with Crippen molar-refractivity contribution in [2.45, 2.75) is 56.8 Å². The molecule has 1 heterocycles. The first-order valence-electron chi connectivity index (χ1n) is 10.6. The average molecular weight is 431 g/mol. The molecule has 1 atom stereocenters. The van der Waals surface area contributed by atoms with Gasteiger partial charge in [0.2, 0.25) is 15.9 Å². The van der Waals surface area contributed by atoms with Crippen LogP contribution in [-0.4, -0.2) is 41.7 Å². The zero-order valence-corrected chi connectivity index (χ0v) is 18.4. The number of amides is 1. The second kappa shape index (κ2) is 10.1. The van der Waals surface area contributed by atoms with Gasteiger partial charge in [0.05, 0.1) is 17.0 Å². The molecule has 162 valence electrons. The minimum atomic E-state index is -3.52. The Hall–Kier alpha value is -2.32. The van der Waals surface area contributed by atoms with Crippen LogP contribution < -0.4 is 5.32 Å². The van der Waals surface area contributed by atoms with Crippen molar-refractivity contribution in [2.24, 2.45) is 5.92 Å². The predicted molar refractivity (Wildman–Crippen MR) is 117 cm³/mol. The lowest BCUT2D eigenvalue weighted by atomic mass is 9.87. The number of hydrogen-bond acceptors (Lipinski definition) is 5. The summed E-state index contributed by atoms with van der Waals surface area (Å²) >= 11 is 0. The van der Waals surface area contributed by atoms with E-state index in [0.29, 0.717) is 24.8 Å². The Balaban J connectivity index is 1.84. The van der Waals surface area contributed by atoms with E-state index in [1.165, 1.54) is 29.5 Å². The Bertz CT molecular complexity index is 923. The molecule has 1 aliphatic rings. The van der Waals surface area contributed by atoms with E-state index in [-0.39, 0.29) is 16.7 Å². The van der Waals surface area contributed by atoms with Gasteiger partial charge in [-0.1, -0.05) is 51.7 Å². The summed E-state index contributed by atoms with van der Waals surface area (Å²) < 4.78 is 27.0. The molecule has 0 spiro atoms. The maximum atomic E-state index is 13.1. The van der Waals surface area contributed by atoms with Gasteiger partial charge in [-0.15, -0.1) is 0 Å². The molecule has 0 saturated heterocycles. The summed E-state index contributed by atoms with van der Waals surface area (Å²) in [6.45, 7) is 4.49. The molecule has 3 rings (SSSR count). The molecular weight excluding hydrogens is 400 g/mol. The van der Waals surface area contributed by atoms with Crippen molar-refractivity contribution >= 4 is 21.7 Å². The highest BCUT2D eigenvalue weighted by atomic mass is 32.2. The second-order valence-corrected chi connectivity index (χ2v) is 9.61. The maximum Gasteiger partial charge on any atom is 0.243 e. The van der Waals surface area contributed by atoms with Crippen LogP contribution in [0.5, 0.6) is 0 Å². The normalized spacial score (nSPS) is 16.0. The lowest BCUT2D eigenvalue weighted by molar-refractivity contribution is -0.118. The van der Waals surface area contributed by atoms with Crippen LogP contribution in [0.1, 0.15) is 57.4 Å². The first-order valence-corrected chi connectivity index (χ1v) is 12.1. The summed E-state index contributed by atoms with van der Waals surface area (Å²) in [6, 6.07) is 6.76. The Morgan fingerprint density at radius 2 is 1.80 bits per heavy atom. The van der Waals surface area contributed by atoms with Crippen molar-refractivity contribution < 1.29 is 13.2 Å². The molecule has 0 bridgehead atoms. The largest absolute Gasteiger partial charge is 0.309 e. The van der Waals surface area contributed by atoms with Crippen molar-refractivity contribution in [1.29, 1.82) is 0 Å². The molecule has 1 aromatic heterocycles. The number of rotatable bonds is 9. The fourth-order valence-corrected chi connectivity index (χ4v) is 5.59. The number of anilines is 1. The summed E-state index contributed by atoms with van der Waals surface area (Å²) in [5, 5.41) is 2.86. The Labute approximate surface area is 179 Å². The standard InChI is InChI=1S/C22H30N4O3S/c1-3-26(4-2)30(28,29)19-11-9-18(10-12-19)20(15-17-7-5-6-8-17)22(27)25-21-16-23-13-14-24-21/h9-14,16-17,20H,3-8,15H2,1-2H3,(H,24,25,27). The van der Waals surface area contributed by atoms with Gasteiger partial charge in [0.1, 0.15) is 0 Å². The van der Waals surface area contributed by atoms with Crippen LogP contribution in [0, 0.1) is 5.92 Å². The van der Waals surface area contributed by atoms with Crippen LogP contribution in [0.2, 0.25) is 0 Å². The minimum Gasteiger partial charge on any atom is -0.309 e. The number of sulfonamides is 1. The fourth-order valence-electron chi connectivity index (χ4n) is 4.14.